The van der Waals surface area contributed by atoms with Gasteiger partial charge in [0.1, 0.15) is 6.54 Å². The van der Waals surface area contributed by atoms with E-state index in [9.17, 15) is 14.4 Å². The van der Waals surface area contributed by atoms with Gasteiger partial charge >= 0.3 is 5.97 Å². The third-order valence-corrected chi connectivity index (χ3v) is 4.01. The molecular formula is C17H22N2O4. The Labute approximate surface area is 135 Å². The van der Waals surface area contributed by atoms with Crippen LogP contribution in [0.2, 0.25) is 0 Å². The standard InChI is InChI=1S/C17H22N2O4/c1-23-15(20)11-18-16(21)13-7-9-14(10-8-13)19-17(22)12-5-3-2-4-6-12/h7-10,12H,2-6,11H2,1H3,(H,18,21)(H,19,22). The van der Waals surface area contributed by atoms with Crippen molar-refractivity contribution in [1.82, 2.24) is 5.32 Å². The van der Waals surface area contributed by atoms with Gasteiger partial charge in [0.2, 0.25) is 5.91 Å². The van der Waals surface area contributed by atoms with E-state index in [1.807, 2.05) is 0 Å². The van der Waals surface area contributed by atoms with Crippen LogP contribution in [0, 0.1) is 5.92 Å². The molecule has 1 aliphatic carbocycles. The fraction of sp³-hybridized carbons (Fsp3) is 0.471. The lowest BCUT2D eigenvalue weighted by molar-refractivity contribution is -0.139. The van der Waals surface area contributed by atoms with Crippen LogP contribution in [0.1, 0.15) is 42.5 Å². The second kappa shape index (κ2) is 8.31. The first-order valence-electron chi connectivity index (χ1n) is 7.86. The number of nitrogens with one attached hydrogen (secondary N) is 2. The summed E-state index contributed by atoms with van der Waals surface area (Å²) in [5, 5.41) is 5.35. The minimum absolute atomic E-state index is 0.0487. The zero-order valence-electron chi connectivity index (χ0n) is 13.3. The summed E-state index contributed by atoms with van der Waals surface area (Å²) in [4.78, 5) is 35.0. The number of anilines is 1. The van der Waals surface area contributed by atoms with Crippen molar-refractivity contribution < 1.29 is 19.1 Å². The van der Waals surface area contributed by atoms with E-state index in [2.05, 4.69) is 15.4 Å². The molecule has 0 spiro atoms. The summed E-state index contributed by atoms with van der Waals surface area (Å²) < 4.78 is 4.46. The topological polar surface area (TPSA) is 84.5 Å². The van der Waals surface area contributed by atoms with Crippen LogP contribution in [-0.4, -0.2) is 31.4 Å². The molecule has 0 heterocycles. The second-order valence-electron chi connectivity index (χ2n) is 5.66. The van der Waals surface area contributed by atoms with Crippen LogP contribution in [0.15, 0.2) is 24.3 Å². The Kier molecular flexibility index (Phi) is 6.14. The quantitative estimate of drug-likeness (QED) is 0.814. The highest BCUT2D eigenvalue weighted by molar-refractivity contribution is 5.97. The fourth-order valence-electron chi connectivity index (χ4n) is 2.64. The molecule has 124 valence electrons. The highest BCUT2D eigenvalue weighted by atomic mass is 16.5. The molecule has 0 aromatic heterocycles. The number of methoxy groups -OCH3 is 1. The summed E-state index contributed by atoms with van der Waals surface area (Å²) in [6, 6.07) is 6.60. The van der Waals surface area contributed by atoms with E-state index < -0.39 is 5.97 Å². The third-order valence-electron chi connectivity index (χ3n) is 4.01. The molecular weight excluding hydrogens is 296 g/mol. The molecule has 1 saturated carbocycles. The van der Waals surface area contributed by atoms with Crippen LogP contribution < -0.4 is 10.6 Å². The molecule has 0 bridgehead atoms. The number of benzene rings is 1. The number of hydrogen-bond donors (Lipinski definition) is 2. The fourth-order valence-corrected chi connectivity index (χ4v) is 2.64. The predicted molar refractivity (Wildman–Crippen MR) is 86.0 cm³/mol. The molecule has 23 heavy (non-hydrogen) atoms. The number of carbonyl (C=O) groups is 3. The lowest BCUT2D eigenvalue weighted by Crippen LogP contribution is -2.30. The molecule has 2 rings (SSSR count). The van der Waals surface area contributed by atoms with Gasteiger partial charge in [-0.1, -0.05) is 19.3 Å². The average molecular weight is 318 g/mol. The van der Waals surface area contributed by atoms with Gasteiger partial charge in [-0.2, -0.15) is 0 Å². The van der Waals surface area contributed by atoms with Crippen molar-refractivity contribution in [3.8, 4) is 0 Å². The number of amides is 2. The van der Waals surface area contributed by atoms with Gasteiger partial charge in [0.15, 0.2) is 0 Å². The van der Waals surface area contributed by atoms with Crippen LogP contribution in [0.5, 0.6) is 0 Å². The zero-order chi connectivity index (χ0) is 16.7. The molecule has 2 N–H and O–H groups in total. The molecule has 1 aromatic carbocycles. The number of hydrogen-bond acceptors (Lipinski definition) is 4. The smallest absolute Gasteiger partial charge is 0.325 e. The molecule has 1 aromatic rings. The summed E-state index contributed by atoms with van der Waals surface area (Å²) >= 11 is 0. The Hall–Kier alpha value is -2.37. The van der Waals surface area contributed by atoms with Gasteiger partial charge in [-0.25, -0.2) is 0 Å². The minimum atomic E-state index is -0.505. The summed E-state index contributed by atoms with van der Waals surface area (Å²) in [6.07, 6.45) is 5.31. The highest BCUT2D eigenvalue weighted by Crippen LogP contribution is 2.25. The third kappa shape index (κ3) is 5.09. The average Bonchev–Trinajstić information content (AvgIpc) is 2.60. The van der Waals surface area contributed by atoms with Gasteiger partial charge in [-0.3, -0.25) is 14.4 Å². The molecule has 0 saturated heterocycles. The largest absolute Gasteiger partial charge is 0.468 e. The first-order valence-corrected chi connectivity index (χ1v) is 7.86. The monoisotopic (exact) mass is 318 g/mol. The van der Waals surface area contributed by atoms with Gasteiger partial charge in [-0.15, -0.1) is 0 Å². The molecule has 1 aliphatic rings. The van der Waals surface area contributed by atoms with E-state index in [1.54, 1.807) is 24.3 Å². The number of ether oxygens (including phenoxy) is 1. The molecule has 6 nitrogen and oxygen atoms in total. The van der Waals surface area contributed by atoms with E-state index >= 15 is 0 Å². The molecule has 0 unspecified atom stereocenters. The normalized spacial score (nSPS) is 14.8. The van der Waals surface area contributed by atoms with Gasteiger partial charge in [0, 0.05) is 17.2 Å². The van der Waals surface area contributed by atoms with Crippen molar-refractivity contribution in [2.75, 3.05) is 19.0 Å². The molecule has 2 amide bonds. The number of carbonyl (C=O) groups excluding carboxylic acids is 3. The molecule has 0 atom stereocenters. The second-order valence-corrected chi connectivity index (χ2v) is 5.66. The maximum Gasteiger partial charge on any atom is 0.325 e. The lowest BCUT2D eigenvalue weighted by atomic mass is 9.88. The Balaban J connectivity index is 1.87. The van der Waals surface area contributed by atoms with Crippen LogP contribution in [0.4, 0.5) is 5.69 Å². The van der Waals surface area contributed by atoms with E-state index in [0.717, 1.165) is 25.7 Å². The van der Waals surface area contributed by atoms with Crippen molar-refractivity contribution in [2.24, 2.45) is 5.92 Å². The van der Waals surface area contributed by atoms with Crippen molar-refractivity contribution in [3.63, 3.8) is 0 Å². The van der Waals surface area contributed by atoms with Crippen LogP contribution >= 0.6 is 0 Å². The van der Waals surface area contributed by atoms with Crippen molar-refractivity contribution in [1.29, 1.82) is 0 Å². The van der Waals surface area contributed by atoms with Gasteiger partial charge < -0.3 is 15.4 Å². The SMILES string of the molecule is COC(=O)CNC(=O)c1ccc(NC(=O)C2CCCCC2)cc1. The van der Waals surface area contributed by atoms with Crippen molar-refractivity contribution in [2.45, 2.75) is 32.1 Å². The first kappa shape index (κ1) is 17.0. The van der Waals surface area contributed by atoms with Gasteiger partial charge in [0.05, 0.1) is 7.11 Å². The highest BCUT2D eigenvalue weighted by Gasteiger charge is 2.21. The molecule has 0 radical (unpaired) electrons. The summed E-state index contributed by atoms with van der Waals surface area (Å²) in [6.45, 7) is -0.171. The molecule has 6 heteroatoms. The van der Waals surface area contributed by atoms with E-state index in [0.29, 0.717) is 11.3 Å². The van der Waals surface area contributed by atoms with Gasteiger partial charge in [0.25, 0.3) is 5.91 Å². The van der Waals surface area contributed by atoms with Crippen molar-refractivity contribution in [3.05, 3.63) is 29.8 Å². The summed E-state index contributed by atoms with van der Waals surface area (Å²) in [5.74, 6) is -0.727. The van der Waals surface area contributed by atoms with Crippen LogP contribution in [0.25, 0.3) is 0 Å². The Bertz CT molecular complexity index is 562. The van der Waals surface area contributed by atoms with Crippen LogP contribution in [-0.2, 0) is 14.3 Å². The maximum absolute atomic E-state index is 12.2. The minimum Gasteiger partial charge on any atom is -0.468 e. The Morgan fingerprint density at radius 3 is 2.35 bits per heavy atom. The van der Waals surface area contributed by atoms with Crippen LogP contribution in [0.3, 0.4) is 0 Å². The number of esters is 1. The molecule has 1 fully saturated rings. The summed E-state index contributed by atoms with van der Waals surface area (Å²) in [5.41, 5.74) is 1.09. The predicted octanol–water partition coefficient (Wildman–Crippen LogP) is 2.11. The number of rotatable bonds is 5. The summed E-state index contributed by atoms with van der Waals surface area (Å²) in [7, 11) is 1.26. The Morgan fingerprint density at radius 2 is 1.74 bits per heavy atom. The van der Waals surface area contributed by atoms with Gasteiger partial charge in [-0.05, 0) is 37.1 Å². The van der Waals surface area contributed by atoms with E-state index in [-0.39, 0.29) is 24.3 Å². The lowest BCUT2D eigenvalue weighted by Gasteiger charge is -2.20. The Morgan fingerprint density at radius 1 is 1.09 bits per heavy atom. The van der Waals surface area contributed by atoms with E-state index in [4.69, 9.17) is 0 Å². The molecule has 0 aliphatic heterocycles. The maximum atomic E-state index is 12.2. The van der Waals surface area contributed by atoms with Crippen molar-refractivity contribution >= 4 is 23.5 Å². The zero-order valence-corrected chi connectivity index (χ0v) is 13.3. The first-order chi connectivity index (χ1) is 11.1. The van der Waals surface area contributed by atoms with E-state index in [1.165, 1.54) is 13.5 Å².